The van der Waals surface area contributed by atoms with Gasteiger partial charge in [-0.15, -0.1) is 0 Å². The molecule has 0 aliphatic rings. The SMILES string of the molecule is CCOCC(C)Nc1ccccc1I. The Morgan fingerprint density at radius 1 is 1.43 bits per heavy atom. The Morgan fingerprint density at radius 3 is 2.79 bits per heavy atom. The highest BCUT2D eigenvalue weighted by Gasteiger charge is 2.03. The van der Waals surface area contributed by atoms with Crippen molar-refractivity contribution in [3.8, 4) is 0 Å². The molecule has 0 spiro atoms. The molecular weight excluding hydrogens is 289 g/mol. The van der Waals surface area contributed by atoms with Crippen LogP contribution in [0, 0.1) is 3.57 Å². The van der Waals surface area contributed by atoms with Crippen LogP contribution in [0.3, 0.4) is 0 Å². The van der Waals surface area contributed by atoms with E-state index in [4.69, 9.17) is 4.74 Å². The molecule has 2 nitrogen and oxygen atoms in total. The molecule has 1 atom stereocenters. The molecule has 0 aliphatic heterocycles. The Balaban J connectivity index is 2.47. The second kappa shape index (κ2) is 6.24. The van der Waals surface area contributed by atoms with Crippen LogP contribution in [0.4, 0.5) is 5.69 Å². The van der Waals surface area contributed by atoms with Crippen LogP contribution in [0.15, 0.2) is 24.3 Å². The second-order valence-corrected chi connectivity index (χ2v) is 4.35. The van der Waals surface area contributed by atoms with Crippen molar-refractivity contribution in [2.45, 2.75) is 19.9 Å². The average Bonchev–Trinajstić information content (AvgIpc) is 2.18. The molecule has 0 aromatic heterocycles. The molecule has 1 aromatic rings. The molecule has 0 heterocycles. The summed E-state index contributed by atoms with van der Waals surface area (Å²) in [5, 5.41) is 3.41. The van der Waals surface area contributed by atoms with E-state index in [2.05, 4.69) is 47.0 Å². The van der Waals surface area contributed by atoms with E-state index >= 15 is 0 Å². The fourth-order valence-electron chi connectivity index (χ4n) is 1.18. The lowest BCUT2D eigenvalue weighted by Crippen LogP contribution is -2.22. The van der Waals surface area contributed by atoms with Gasteiger partial charge < -0.3 is 10.1 Å². The molecular formula is C11H16INO. The number of para-hydroxylation sites is 1. The number of benzene rings is 1. The van der Waals surface area contributed by atoms with Crippen LogP contribution < -0.4 is 5.32 Å². The summed E-state index contributed by atoms with van der Waals surface area (Å²) in [4.78, 5) is 0. The summed E-state index contributed by atoms with van der Waals surface area (Å²) in [5.74, 6) is 0. The molecule has 0 fully saturated rings. The summed E-state index contributed by atoms with van der Waals surface area (Å²) in [6.07, 6.45) is 0. The predicted molar refractivity (Wildman–Crippen MR) is 68.7 cm³/mol. The molecule has 1 N–H and O–H groups in total. The summed E-state index contributed by atoms with van der Waals surface area (Å²) in [5.41, 5.74) is 1.18. The minimum absolute atomic E-state index is 0.353. The molecule has 0 saturated heterocycles. The summed E-state index contributed by atoms with van der Waals surface area (Å²) < 4.78 is 6.59. The standard InChI is InChI=1S/C11H16INO/c1-3-14-8-9(2)13-11-7-5-4-6-10(11)12/h4-7,9,13H,3,8H2,1-2H3. The third-order valence-corrected chi connectivity index (χ3v) is 2.79. The van der Waals surface area contributed by atoms with E-state index in [9.17, 15) is 0 Å². The molecule has 0 saturated carbocycles. The Hall–Kier alpha value is -0.290. The fraction of sp³-hybridized carbons (Fsp3) is 0.455. The van der Waals surface area contributed by atoms with Crippen LogP contribution >= 0.6 is 22.6 Å². The van der Waals surface area contributed by atoms with E-state index in [-0.39, 0.29) is 0 Å². The van der Waals surface area contributed by atoms with Crippen molar-refractivity contribution in [2.24, 2.45) is 0 Å². The first-order chi connectivity index (χ1) is 6.74. The monoisotopic (exact) mass is 305 g/mol. The lowest BCUT2D eigenvalue weighted by molar-refractivity contribution is 0.141. The van der Waals surface area contributed by atoms with Crippen LogP contribution in [0.1, 0.15) is 13.8 Å². The molecule has 78 valence electrons. The van der Waals surface area contributed by atoms with Gasteiger partial charge >= 0.3 is 0 Å². The first-order valence-corrected chi connectivity index (χ1v) is 5.90. The Labute approximate surface area is 99.2 Å². The highest BCUT2D eigenvalue weighted by Crippen LogP contribution is 2.17. The van der Waals surface area contributed by atoms with Crippen molar-refractivity contribution in [3.05, 3.63) is 27.8 Å². The normalized spacial score (nSPS) is 12.5. The van der Waals surface area contributed by atoms with Gasteiger partial charge in [-0.25, -0.2) is 0 Å². The van der Waals surface area contributed by atoms with Gasteiger partial charge in [0.15, 0.2) is 0 Å². The Morgan fingerprint density at radius 2 is 2.14 bits per heavy atom. The van der Waals surface area contributed by atoms with Gasteiger partial charge in [0.2, 0.25) is 0 Å². The van der Waals surface area contributed by atoms with Gasteiger partial charge in [0, 0.05) is 21.9 Å². The van der Waals surface area contributed by atoms with Gasteiger partial charge in [0.25, 0.3) is 0 Å². The number of nitrogens with one attached hydrogen (secondary N) is 1. The molecule has 0 bridgehead atoms. The zero-order valence-electron chi connectivity index (χ0n) is 8.59. The van der Waals surface area contributed by atoms with Crippen LogP contribution in [-0.4, -0.2) is 19.3 Å². The van der Waals surface area contributed by atoms with E-state index in [0.29, 0.717) is 6.04 Å². The maximum atomic E-state index is 5.34. The number of anilines is 1. The lowest BCUT2D eigenvalue weighted by Gasteiger charge is -2.15. The largest absolute Gasteiger partial charge is 0.380 e. The Kier molecular flexibility index (Phi) is 5.25. The van der Waals surface area contributed by atoms with Crippen LogP contribution in [-0.2, 0) is 4.74 Å². The van der Waals surface area contributed by atoms with Gasteiger partial charge in [-0.05, 0) is 48.6 Å². The highest BCUT2D eigenvalue weighted by molar-refractivity contribution is 14.1. The van der Waals surface area contributed by atoms with Gasteiger partial charge in [-0.1, -0.05) is 12.1 Å². The van der Waals surface area contributed by atoms with Crippen molar-refractivity contribution in [2.75, 3.05) is 18.5 Å². The highest BCUT2D eigenvalue weighted by atomic mass is 127. The molecule has 1 aromatic carbocycles. The van der Waals surface area contributed by atoms with Crippen LogP contribution in [0.5, 0.6) is 0 Å². The minimum Gasteiger partial charge on any atom is -0.380 e. The van der Waals surface area contributed by atoms with Crippen molar-refractivity contribution in [3.63, 3.8) is 0 Å². The average molecular weight is 305 g/mol. The molecule has 3 heteroatoms. The molecule has 0 amide bonds. The fourth-order valence-corrected chi connectivity index (χ4v) is 1.72. The smallest absolute Gasteiger partial charge is 0.0664 e. The summed E-state index contributed by atoms with van der Waals surface area (Å²) in [7, 11) is 0. The van der Waals surface area contributed by atoms with E-state index in [1.165, 1.54) is 9.26 Å². The minimum atomic E-state index is 0.353. The van der Waals surface area contributed by atoms with Crippen LogP contribution in [0.25, 0.3) is 0 Å². The second-order valence-electron chi connectivity index (χ2n) is 3.18. The third kappa shape index (κ3) is 3.84. The Bertz CT molecular complexity index is 278. The molecule has 0 radical (unpaired) electrons. The van der Waals surface area contributed by atoms with E-state index in [0.717, 1.165) is 13.2 Å². The zero-order chi connectivity index (χ0) is 10.4. The number of halogens is 1. The van der Waals surface area contributed by atoms with E-state index in [1.54, 1.807) is 0 Å². The molecule has 1 unspecified atom stereocenters. The van der Waals surface area contributed by atoms with Crippen molar-refractivity contribution in [1.29, 1.82) is 0 Å². The third-order valence-electron chi connectivity index (χ3n) is 1.85. The molecule has 1 rings (SSSR count). The number of rotatable bonds is 5. The maximum Gasteiger partial charge on any atom is 0.0664 e. The van der Waals surface area contributed by atoms with E-state index < -0.39 is 0 Å². The molecule has 14 heavy (non-hydrogen) atoms. The van der Waals surface area contributed by atoms with Crippen LogP contribution in [0.2, 0.25) is 0 Å². The van der Waals surface area contributed by atoms with Gasteiger partial charge in [0.05, 0.1) is 6.61 Å². The van der Waals surface area contributed by atoms with Crippen molar-refractivity contribution >= 4 is 28.3 Å². The summed E-state index contributed by atoms with van der Waals surface area (Å²) >= 11 is 2.33. The quantitative estimate of drug-likeness (QED) is 0.844. The number of hydrogen-bond donors (Lipinski definition) is 1. The number of hydrogen-bond acceptors (Lipinski definition) is 2. The van der Waals surface area contributed by atoms with Crippen molar-refractivity contribution < 1.29 is 4.74 Å². The number of ether oxygens (including phenoxy) is 1. The summed E-state index contributed by atoms with van der Waals surface area (Å²) in [6.45, 7) is 5.66. The zero-order valence-corrected chi connectivity index (χ0v) is 10.7. The van der Waals surface area contributed by atoms with E-state index in [1.807, 2.05) is 19.1 Å². The lowest BCUT2D eigenvalue weighted by atomic mass is 10.3. The summed E-state index contributed by atoms with van der Waals surface area (Å²) in [6, 6.07) is 8.62. The van der Waals surface area contributed by atoms with Crippen molar-refractivity contribution in [1.82, 2.24) is 0 Å². The first kappa shape index (κ1) is 11.8. The van der Waals surface area contributed by atoms with Gasteiger partial charge in [0.1, 0.15) is 0 Å². The maximum absolute atomic E-state index is 5.34. The molecule has 0 aliphatic carbocycles. The first-order valence-electron chi connectivity index (χ1n) is 4.83. The predicted octanol–water partition coefficient (Wildman–Crippen LogP) is 3.13. The topological polar surface area (TPSA) is 21.3 Å². The van der Waals surface area contributed by atoms with Gasteiger partial charge in [-0.3, -0.25) is 0 Å². The van der Waals surface area contributed by atoms with Gasteiger partial charge in [-0.2, -0.15) is 0 Å².